The predicted molar refractivity (Wildman–Crippen MR) is 134 cm³/mol. The number of fused-ring (bicyclic) bond motifs is 1. The first kappa shape index (κ1) is 21.1. The number of hydrogen-bond donors (Lipinski definition) is 0. The van der Waals surface area contributed by atoms with Crippen LogP contribution in [0.1, 0.15) is 61.4 Å². The lowest BCUT2D eigenvalue weighted by Crippen LogP contribution is -2.01. The molecule has 1 aliphatic rings. The Kier molecular flexibility index (Phi) is 6.62. The minimum atomic E-state index is 0.905. The first-order valence-corrected chi connectivity index (χ1v) is 11.3. The van der Waals surface area contributed by atoms with Crippen LogP contribution < -0.4 is 0 Å². The summed E-state index contributed by atoms with van der Waals surface area (Å²) in [4.78, 5) is 5.09. The molecule has 0 aromatic heterocycles. The molecular weight excluding hydrogens is 374 g/mol. The van der Waals surface area contributed by atoms with Crippen LogP contribution in [0.25, 0.3) is 5.57 Å². The second-order valence-corrected chi connectivity index (χ2v) is 8.59. The molecule has 0 heterocycles. The van der Waals surface area contributed by atoms with E-state index < -0.39 is 0 Å². The van der Waals surface area contributed by atoms with E-state index in [4.69, 9.17) is 4.99 Å². The molecule has 1 nitrogen and oxygen atoms in total. The van der Waals surface area contributed by atoms with E-state index in [9.17, 15) is 0 Å². The second-order valence-electron chi connectivity index (χ2n) is 8.59. The molecule has 0 radical (unpaired) electrons. The third-order valence-corrected chi connectivity index (χ3v) is 5.78. The molecule has 0 bridgehead atoms. The number of nitrogens with zero attached hydrogens (tertiary/aromatic N) is 1. The highest BCUT2D eigenvalue weighted by molar-refractivity contribution is 5.88. The monoisotopic (exact) mass is 405 g/mol. The molecule has 0 amide bonds. The average Bonchev–Trinajstić information content (AvgIpc) is 2.85. The van der Waals surface area contributed by atoms with Crippen molar-refractivity contribution in [2.45, 2.75) is 46.5 Å². The smallest absolute Gasteiger partial charge is 0.0702 e. The fourth-order valence-electron chi connectivity index (χ4n) is 4.34. The van der Waals surface area contributed by atoms with E-state index in [1.165, 1.54) is 44.7 Å². The van der Waals surface area contributed by atoms with Gasteiger partial charge in [0.1, 0.15) is 0 Å². The predicted octanol–water partition coefficient (Wildman–Crippen LogP) is 8.10. The van der Waals surface area contributed by atoms with Crippen LogP contribution in [-0.2, 0) is 12.8 Å². The molecule has 156 valence electrons. The number of benzene rings is 3. The Morgan fingerprint density at radius 3 is 2.29 bits per heavy atom. The Bertz CT molecular complexity index is 1130. The molecule has 31 heavy (non-hydrogen) atoms. The minimum Gasteiger partial charge on any atom is -0.258 e. The normalized spacial score (nSPS) is 17.1. The Hall–Kier alpha value is -3.19. The first-order chi connectivity index (χ1) is 15.1. The summed E-state index contributed by atoms with van der Waals surface area (Å²) in [5.74, 6) is 0. The zero-order valence-corrected chi connectivity index (χ0v) is 18.9. The van der Waals surface area contributed by atoms with Crippen LogP contribution in [0.3, 0.4) is 0 Å². The summed E-state index contributed by atoms with van der Waals surface area (Å²) in [6.07, 6.45) is 8.90. The molecule has 0 spiro atoms. The summed E-state index contributed by atoms with van der Waals surface area (Å²) in [6, 6.07) is 26.1. The van der Waals surface area contributed by atoms with Gasteiger partial charge in [-0.05, 0) is 79.8 Å². The molecular formula is C30H31N. The highest BCUT2D eigenvalue weighted by Crippen LogP contribution is 2.38. The van der Waals surface area contributed by atoms with Crippen molar-refractivity contribution in [2.24, 2.45) is 4.99 Å². The van der Waals surface area contributed by atoms with Crippen molar-refractivity contribution in [3.63, 3.8) is 0 Å². The lowest BCUT2D eigenvalue weighted by molar-refractivity contribution is 0.838. The fourth-order valence-corrected chi connectivity index (χ4v) is 4.34. The van der Waals surface area contributed by atoms with Gasteiger partial charge in [-0.3, -0.25) is 4.99 Å². The highest BCUT2D eigenvalue weighted by Gasteiger charge is 2.18. The Morgan fingerprint density at radius 1 is 0.871 bits per heavy atom. The van der Waals surface area contributed by atoms with Crippen molar-refractivity contribution < 1.29 is 0 Å². The summed E-state index contributed by atoms with van der Waals surface area (Å²) in [5, 5.41) is 0. The standard InChI is InChI=1S/C30H31N/c1-22(2)31-30-26(21-24-13-6-4-7-14-24)18-19-27-28(30)17-11-10-12-23(3)20-29(27)25-15-8-5-9-16-25/h4-9,12-16,18-20H,10-11,17,21H2,1-3H3/b23-12-,29-20-. The topological polar surface area (TPSA) is 12.4 Å². The summed E-state index contributed by atoms with van der Waals surface area (Å²) in [5.41, 5.74) is 11.5. The molecule has 3 aromatic rings. The van der Waals surface area contributed by atoms with Crippen molar-refractivity contribution in [1.82, 2.24) is 0 Å². The third kappa shape index (κ3) is 5.11. The Labute approximate surface area is 186 Å². The maximum Gasteiger partial charge on any atom is 0.0702 e. The van der Waals surface area contributed by atoms with Crippen LogP contribution in [0.2, 0.25) is 0 Å². The Morgan fingerprint density at radius 2 is 1.58 bits per heavy atom. The van der Waals surface area contributed by atoms with E-state index in [2.05, 4.69) is 106 Å². The molecule has 3 aromatic carbocycles. The summed E-state index contributed by atoms with van der Waals surface area (Å²) in [6.45, 7) is 6.41. The molecule has 0 unspecified atom stereocenters. The van der Waals surface area contributed by atoms with Gasteiger partial charge in [-0.1, -0.05) is 90.5 Å². The Balaban J connectivity index is 1.93. The van der Waals surface area contributed by atoms with E-state index in [-0.39, 0.29) is 0 Å². The molecule has 4 rings (SSSR count). The fraction of sp³-hybridized carbons (Fsp3) is 0.233. The summed E-state index contributed by atoms with van der Waals surface area (Å²) >= 11 is 0. The zero-order valence-electron chi connectivity index (χ0n) is 18.9. The highest BCUT2D eigenvalue weighted by atomic mass is 14.7. The van der Waals surface area contributed by atoms with E-state index in [1.807, 2.05) is 0 Å². The number of aliphatic imine (C=N–C) groups is 1. The number of hydrogen-bond acceptors (Lipinski definition) is 1. The van der Waals surface area contributed by atoms with Crippen molar-refractivity contribution in [3.8, 4) is 0 Å². The minimum absolute atomic E-state index is 0.905. The molecule has 0 aliphatic heterocycles. The zero-order chi connectivity index (χ0) is 21.6. The second kappa shape index (κ2) is 9.75. The average molecular weight is 406 g/mol. The van der Waals surface area contributed by atoms with E-state index in [0.29, 0.717) is 0 Å². The molecule has 0 fully saturated rings. The van der Waals surface area contributed by atoms with Crippen LogP contribution in [0.15, 0.2) is 95.5 Å². The van der Waals surface area contributed by atoms with Gasteiger partial charge in [0.2, 0.25) is 0 Å². The molecule has 0 atom stereocenters. The number of allylic oxidation sites excluding steroid dienone is 3. The van der Waals surface area contributed by atoms with E-state index >= 15 is 0 Å². The van der Waals surface area contributed by atoms with Gasteiger partial charge >= 0.3 is 0 Å². The van der Waals surface area contributed by atoms with Crippen LogP contribution >= 0.6 is 0 Å². The van der Waals surface area contributed by atoms with Crippen LogP contribution in [-0.4, -0.2) is 5.71 Å². The van der Waals surface area contributed by atoms with Gasteiger partial charge < -0.3 is 0 Å². The molecule has 0 saturated heterocycles. The van der Waals surface area contributed by atoms with E-state index in [1.54, 1.807) is 0 Å². The maximum atomic E-state index is 5.09. The van der Waals surface area contributed by atoms with Gasteiger partial charge in [-0.25, -0.2) is 0 Å². The molecule has 1 heteroatoms. The maximum absolute atomic E-state index is 5.09. The SMILES string of the molecule is CC(C)=Nc1c(Cc2ccccc2)ccc2c1CCC/C=C(C)\C=C/2c1ccccc1. The van der Waals surface area contributed by atoms with Crippen molar-refractivity contribution in [1.29, 1.82) is 0 Å². The summed E-state index contributed by atoms with van der Waals surface area (Å²) < 4.78 is 0. The quantitative estimate of drug-likeness (QED) is 0.389. The summed E-state index contributed by atoms with van der Waals surface area (Å²) in [7, 11) is 0. The van der Waals surface area contributed by atoms with Gasteiger partial charge in [0.05, 0.1) is 5.69 Å². The molecule has 0 N–H and O–H groups in total. The molecule has 1 aliphatic carbocycles. The lowest BCUT2D eigenvalue weighted by Gasteiger charge is -2.19. The van der Waals surface area contributed by atoms with Gasteiger partial charge in [0, 0.05) is 5.71 Å². The van der Waals surface area contributed by atoms with Crippen molar-refractivity contribution in [3.05, 3.63) is 118 Å². The van der Waals surface area contributed by atoms with Crippen molar-refractivity contribution in [2.75, 3.05) is 0 Å². The van der Waals surface area contributed by atoms with E-state index in [0.717, 1.165) is 31.4 Å². The van der Waals surface area contributed by atoms with Crippen LogP contribution in [0.4, 0.5) is 5.69 Å². The van der Waals surface area contributed by atoms with Crippen LogP contribution in [0.5, 0.6) is 0 Å². The number of rotatable bonds is 4. The van der Waals surface area contributed by atoms with Gasteiger partial charge in [-0.15, -0.1) is 0 Å². The molecule has 0 saturated carbocycles. The first-order valence-electron chi connectivity index (χ1n) is 11.3. The van der Waals surface area contributed by atoms with Crippen LogP contribution in [0, 0.1) is 0 Å². The third-order valence-electron chi connectivity index (χ3n) is 5.78. The van der Waals surface area contributed by atoms with Gasteiger partial charge in [-0.2, -0.15) is 0 Å². The largest absolute Gasteiger partial charge is 0.258 e. The van der Waals surface area contributed by atoms with Crippen molar-refractivity contribution >= 4 is 17.0 Å². The van der Waals surface area contributed by atoms with Gasteiger partial charge in [0.25, 0.3) is 0 Å². The van der Waals surface area contributed by atoms with Gasteiger partial charge in [0.15, 0.2) is 0 Å². The lowest BCUT2D eigenvalue weighted by atomic mass is 9.87.